The Morgan fingerprint density at radius 3 is 2.32 bits per heavy atom. The summed E-state index contributed by atoms with van der Waals surface area (Å²) in [5.74, 6) is 0.0362. The van der Waals surface area contributed by atoms with Crippen molar-refractivity contribution in [3.63, 3.8) is 0 Å². The highest BCUT2D eigenvalue weighted by atomic mass is 32.2. The fourth-order valence-corrected chi connectivity index (χ4v) is 6.89. The number of fused-ring (bicyclic) bond motifs is 1. The van der Waals surface area contributed by atoms with Crippen LogP contribution in [0.5, 0.6) is 11.5 Å². The molecule has 2 amide bonds. The highest BCUT2D eigenvalue weighted by Crippen LogP contribution is 2.35. The van der Waals surface area contributed by atoms with Crippen LogP contribution in [0.25, 0.3) is 0 Å². The molecule has 1 heterocycles. The zero-order valence-corrected chi connectivity index (χ0v) is 26.2. The summed E-state index contributed by atoms with van der Waals surface area (Å²) in [4.78, 5) is 30.0. The molecule has 1 aliphatic carbocycles. The lowest BCUT2D eigenvalue weighted by Crippen LogP contribution is -2.54. The maximum atomic E-state index is 14.4. The molecule has 1 saturated carbocycles. The first kappa shape index (κ1) is 31.4. The fraction of sp³-hybridized carbons (Fsp3) is 0.412. The van der Waals surface area contributed by atoms with E-state index in [4.69, 9.17) is 9.47 Å². The molecule has 0 unspecified atom stereocenters. The minimum atomic E-state index is -3.88. The summed E-state index contributed by atoms with van der Waals surface area (Å²) in [6.45, 7) is 3.95. The number of amides is 2. The smallest absolute Gasteiger partial charge is 0.244 e. The summed E-state index contributed by atoms with van der Waals surface area (Å²) >= 11 is 0. The van der Waals surface area contributed by atoms with Crippen molar-refractivity contribution in [3.05, 3.63) is 89.5 Å². The quantitative estimate of drug-likeness (QED) is 0.317. The second kappa shape index (κ2) is 14.2. The number of rotatable bonds is 12. The number of sulfonamides is 1. The van der Waals surface area contributed by atoms with Crippen molar-refractivity contribution in [3.8, 4) is 11.5 Å². The molecule has 1 atom stereocenters. The van der Waals surface area contributed by atoms with Gasteiger partial charge in [-0.15, -0.1) is 0 Å². The molecule has 1 aliphatic heterocycles. The molecule has 3 aromatic carbocycles. The third-order valence-electron chi connectivity index (χ3n) is 8.20. The zero-order valence-electron chi connectivity index (χ0n) is 25.4. The van der Waals surface area contributed by atoms with Crippen LogP contribution in [0, 0.1) is 6.92 Å². The van der Waals surface area contributed by atoms with Gasteiger partial charge in [0.05, 0.1) is 11.4 Å². The molecular weight excluding hydrogens is 578 g/mol. The molecular formula is C34H41N3O6S. The first-order chi connectivity index (χ1) is 21.2. The fourth-order valence-electron chi connectivity index (χ4n) is 5.84. The summed E-state index contributed by atoms with van der Waals surface area (Å²) in [7, 11) is -3.88. The number of carbonyl (C=O) groups excluding carboxylic acids is 2. The number of nitrogens with zero attached hydrogens (tertiary/aromatic N) is 2. The van der Waals surface area contributed by atoms with Crippen molar-refractivity contribution in [2.24, 2.45) is 0 Å². The summed E-state index contributed by atoms with van der Waals surface area (Å²) in [6, 6.07) is 21.5. The Labute approximate surface area is 260 Å². The van der Waals surface area contributed by atoms with Crippen molar-refractivity contribution in [2.45, 2.75) is 64.6 Å². The van der Waals surface area contributed by atoms with Crippen LogP contribution in [0.2, 0.25) is 0 Å². The average molecular weight is 620 g/mol. The second-order valence-corrected chi connectivity index (χ2v) is 13.6. The number of nitrogens with one attached hydrogen (secondary N) is 1. The highest BCUT2D eigenvalue weighted by molar-refractivity contribution is 7.92. The van der Waals surface area contributed by atoms with Gasteiger partial charge in [-0.25, -0.2) is 8.42 Å². The summed E-state index contributed by atoms with van der Waals surface area (Å²) in [6.07, 6.45) is 4.21. The zero-order chi connectivity index (χ0) is 31.1. The molecule has 0 bridgehead atoms. The van der Waals surface area contributed by atoms with Gasteiger partial charge in [0.2, 0.25) is 21.8 Å². The Morgan fingerprint density at radius 1 is 0.909 bits per heavy atom. The molecule has 0 aromatic heterocycles. The largest absolute Gasteiger partial charge is 0.486 e. The predicted molar refractivity (Wildman–Crippen MR) is 170 cm³/mol. The van der Waals surface area contributed by atoms with Gasteiger partial charge < -0.3 is 19.7 Å². The average Bonchev–Trinajstić information content (AvgIpc) is 3.54. The molecule has 9 nitrogen and oxygen atoms in total. The van der Waals surface area contributed by atoms with E-state index in [0.29, 0.717) is 36.8 Å². The molecule has 0 spiro atoms. The normalized spacial score (nSPS) is 15.4. The van der Waals surface area contributed by atoms with Crippen LogP contribution in [0.15, 0.2) is 72.8 Å². The third kappa shape index (κ3) is 7.72. The predicted octanol–water partition coefficient (Wildman–Crippen LogP) is 4.62. The van der Waals surface area contributed by atoms with Gasteiger partial charge in [0.15, 0.2) is 11.5 Å². The third-order valence-corrected chi connectivity index (χ3v) is 9.94. The molecule has 2 aliphatic rings. The Bertz CT molecular complexity index is 1560. The maximum absolute atomic E-state index is 14.4. The number of benzene rings is 3. The van der Waals surface area contributed by atoms with E-state index in [0.717, 1.165) is 46.7 Å². The lowest BCUT2D eigenvalue weighted by molar-refractivity contribution is -0.140. The van der Waals surface area contributed by atoms with Gasteiger partial charge in [-0.3, -0.25) is 13.9 Å². The number of anilines is 1. The van der Waals surface area contributed by atoms with Gasteiger partial charge >= 0.3 is 0 Å². The van der Waals surface area contributed by atoms with Crippen LogP contribution in [-0.2, 0) is 32.6 Å². The van der Waals surface area contributed by atoms with E-state index in [1.807, 2.05) is 61.5 Å². The minimum absolute atomic E-state index is 0.0615. The van der Waals surface area contributed by atoms with Crippen LogP contribution in [0.1, 0.15) is 49.3 Å². The van der Waals surface area contributed by atoms with E-state index >= 15 is 0 Å². The van der Waals surface area contributed by atoms with Gasteiger partial charge in [0, 0.05) is 25.1 Å². The Kier molecular flexibility index (Phi) is 10.1. The van der Waals surface area contributed by atoms with E-state index in [1.165, 1.54) is 0 Å². The Balaban J connectivity index is 1.52. The first-order valence-corrected chi connectivity index (χ1v) is 16.9. The van der Waals surface area contributed by atoms with Gasteiger partial charge in [-0.1, -0.05) is 73.0 Å². The molecule has 5 rings (SSSR count). The van der Waals surface area contributed by atoms with Crippen LogP contribution >= 0.6 is 0 Å². The molecule has 234 valence electrons. The maximum Gasteiger partial charge on any atom is 0.244 e. The highest BCUT2D eigenvalue weighted by Gasteiger charge is 2.35. The Hall–Kier alpha value is -4.05. The monoisotopic (exact) mass is 619 g/mol. The van der Waals surface area contributed by atoms with Gasteiger partial charge in [-0.2, -0.15) is 0 Å². The molecule has 0 saturated heterocycles. The molecule has 1 fully saturated rings. The van der Waals surface area contributed by atoms with E-state index in [-0.39, 0.29) is 24.2 Å². The second-order valence-electron chi connectivity index (χ2n) is 11.4. The van der Waals surface area contributed by atoms with Crippen molar-refractivity contribution >= 4 is 27.5 Å². The molecule has 3 aromatic rings. The minimum Gasteiger partial charge on any atom is -0.486 e. The van der Waals surface area contributed by atoms with E-state index in [9.17, 15) is 18.0 Å². The first-order valence-electron chi connectivity index (χ1n) is 15.3. The number of hydrogen-bond donors (Lipinski definition) is 1. The Morgan fingerprint density at radius 2 is 1.61 bits per heavy atom. The van der Waals surface area contributed by atoms with Gasteiger partial charge in [0.1, 0.15) is 25.8 Å². The van der Waals surface area contributed by atoms with Crippen LogP contribution in [-0.4, -0.2) is 62.7 Å². The SMILES string of the molecule is CCS(=O)(=O)N(CC(=O)N(Cc1cccc(C)c1)[C@@H](Cc1ccccc1)C(=O)NC1CCCC1)c1ccc2c(c1)OCCO2. The summed E-state index contributed by atoms with van der Waals surface area (Å²) in [5, 5.41) is 3.20. The topological polar surface area (TPSA) is 105 Å². The van der Waals surface area contributed by atoms with Crippen molar-refractivity contribution in [1.82, 2.24) is 10.2 Å². The van der Waals surface area contributed by atoms with Crippen LogP contribution in [0.4, 0.5) is 5.69 Å². The number of aryl methyl sites for hydroxylation is 1. The molecule has 10 heteroatoms. The van der Waals surface area contributed by atoms with Crippen molar-refractivity contribution in [1.29, 1.82) is 0 Å². The van der Waals surface area contributed by atoms with Gasteiger partial charge in [0.25, 0.3) is 0 Å². The van der Waals surface area contributed by atoms with E-state index in [2.05, 4.69) is 5.32 Å². The number of hydrogen-bond acceptors (Lipinski definition) is 6. The van der Waals surface area contributed by atoms with Crippen molar-refractivity contribution < 1.29 is 27.5 Å². The van der Waals surface area contributed by atoms with Crippen LogP contribution < -0.4 is 19.1 Å². The molecule has 0 radical (unpaired) electrons. The summed E-state index contributed by atoms with van der Waals surface area (Å²) in [5.41, 5.74) is 3.09. The van der Waals surface area contributed by atoms with Crippen molar-refractivity contribution in [2.75, 3.05) is 29.8 Å². The van der Waals surface area contributed by atoms with E-state index in [1.54, 1.807) is 30.0 Å². The van der Waals surface area contributed by atoms with E-state index < -0.39 is 28.5 Å². The lowest BCUT2D eigenvalue weighted by atomic mass is 10.0. The summed E-state index contributed by atoms with van der Waals surface area (Å²) < 4.78 is 39.4. The number of carbonyl (C=O) groups is 2. The molecule has 44 heavy (non-hydrogen) atoms. The van der Waals surface area contributed by atoms with Gasteiger partial charge in [-0.05, 0) is 49.9 Å². The van der Waals surface area contributed by atoms with Crippen LogP contribution in [0.3, 0.4) is 0 Å². The number of ether oxygens (including phenoxy) is 2. The lowest BCUT2D eigenvalue weighted by Gasteiger charge is -2.34. The standard InChI is InChI=1S/C34H41N3O6S/c1-3-44(40,41)37(29-16-17-31-32(22-29)43-19-18-42-31)24-33(38)36(23-27-13-9-10-25(2)20-27)30(21-26-11-5-4-6-12-26)34(39)35-28-14-7-8-15-28/h4-6,9-13,16-17,20,22,28,30H,3,7-8,14-15,18-19,21,23-24H2,1-2H3,(H,35,39)/t30-/m0/s1. The molecule has 1 N–H and O–H groups in total.